The van der Waals surface area contributed by atoms with E-state index in [1.165, 1.54) is 11.1 Å². The molecule has 4 nitrogen and oxygen atoms in total. The van der Waals surface area contributed by atoms with Crippen molar-refractivity contribution in [3.63, 3.8) is 0 Å². The van der Waals surface area contributed by atoms with Gasteiger partial charge in [-0.3, -0.25) is 4.79 Å². The molecule has 1 heterocycles. The van der Waals surface area contributed by atoms with E-state index in [9.17, 15) is 4.79 Å². The Kier molecular flexibility index (Phi) is 4.40. The number of amides is 1. The smallest absolute Gasteiger partial charge is 0.246 e. The van der Waals surface area contributed by atoms with Gasteiger partial charge in [-0.1, -0.05) is 42.5 Å². The van der Waals surface area contributed by atoms with Crippen LogP contribution in [0.1, 0.15) is 29.2 Å². The summed E-state index contributed by atoms with van der Waals surface area (Å²) < 4.78 is 1.81. The molecule has 0 spiro atoms. The van der Waals surface area contributed by atoms with Gasteiger partial charge in [0, 0.05) is 24.9 Å². The Morgan fingerprint density at radius 2 is 1.92 bits per heavy atom. The van der Waals surface area contributed by atoms with Crippen molar-refractivity contribution in [3.8, 4) is 5.69 Å². The van der Waals surface area contributed by atoms with Crippen LogP contribution < -0.4 is 0 Å². The predicted octanol–water partition coefficient (Wildman–Crippen LogP) is 4.03. The van der Waals surface area contributed by atoms with Gasteiger partial charge in [0.15, 0.2) is 0 Å². The van der Waals surface area contributed by atoms with Gasteiger partial charge >= 0.3 is 0 Å². The largest absolute Gasteiger partial charge is 0.335 e. The van der Waals surface area contributed by atoms with Gasteiger partial charge in [-0.25, -0.2) is 4.68 Å². The molecule has 130 valence electrons. The number of fused-ring (bicyclic) bond motifs is 1. The van der Waals surface area contributed by atoms with Crippen LogP contribution in [0.15, 0.2) is 73.1 Å². The maximum Gasteiger partial charge on any atom is 0.246 e. The van der Waals surface area contributed by atoms with Crippen molar-refractivity contribution in [2.45, 2.75) is 18.9 Å². The fourth-order valence-electron chi connectivity index (χ4n) is 3.52. The molecular weight excluding hydrogens is 322 g/mol. The molecule has 1 unspecified atom stereocenters. The summed E-state index contributed by atoms with van der Waals surface area (Å²) >= 11 is 0. The molecule has 0 N–H and O–H groups in total. The molecule has 1 amide bonds. The van der Waals surface area contributed by atoms with Crippen molar-refractivity contribution in [1.29, 1.82) is 0 Å². The molecule has 2 aromatic carbocycles. The van der Waals surface area contributed by atoms with E-state index in [1.54, 1.807) is 17.0 Å². The molecule has 0 saturated heterocycles. The van der Waals surface area contributed by atoms with Crippen LogP contribution in [-0.2, 0) is 11.2 Å². The first kappa shape index (κ1) is 16.3. The maximum absolute atomic E-state index is 12.6. The fourth-order valence-corrected chi connectivity index (χ4v) is 3.52. The number of rotatable bonds is 4. The van der Waals surface area contributed by atoms with Gasteiger partial charge in [0.25, 0.3) is 0 Å². The lowest BCUT2D eigenvalue weighted by Crippen LogP contribution is -2.28. The van der Waals surface area contributed by atoms with Crippen molar-refractivity contribution in [2.24, 2.45) is 0 Å². The van der Waals surface area contributed by atoms with Crippen molar-refractivity contribution >= 4 is 12.0 Å². The molecule has 4 heteroatoms. The maximum atomic E-state index is 12.6. The molecule has 1 atom stereocenters. The van der Waals surface area contributed by atoms with Gasteiger partial charge in [-0.15, -0.1) is 0 Å². The Hall–Kier alpha value is -3.14. The van der Waals surface area contributed by atoms with E-state index in [-0.39, 0.29) is 11.9 Å². The zero-order valence-electron chi connectivity index (χ0n) is 14.7. The lowest BCUT2D eigenvalue weighted by molar-refractivity contribution is -0.126. The number of carbonyl (C=O) groups is 1. The fraction of sp³-hybridized carbons (Fsp3) is 0.182. The second-order valence-electron chi connectivity index (χ2n) is 6.59. The summed E-state index contributed by atoms with van der Waals surface area (Å²) in [6, 6.07) is 18.5. The third-order valence-corrected chi connectivity index (χ3v) is 4.96. The van der Waals surface area contributed by atoms with Crippen molar-refractivity contribution < 1.29 is 4.79 Å². The summed E-state index contributed by atoms with van der Waals surface area (Å²) in [5.74, 6) is 0.0131. The van der Waals surface area contributed by atoms with Gasteiger partial charge in [0.05, 0.1) is 17.9 Å². The summed E-state index contributed by atoms with van der Waals surface area (Å²) in [5.41, 5.74) is 4.53. The zero-order chi connectivity index (χ0) is 17.9. The highest BCUT2D eigenvalue weighted by Crippen LogP contribution is 2.34. The average molecular weight is 343 g/mol. The Morgan fingerprint density at radius 3 is 2.77 bits per heavy atom. The highest BCUT2D eigenvalue weighted by molar-refractivity contribution is 5.91. The van der Waals surface area contributed by atoms with Crippen LogP contribution in [0.4, 0.5) is 0 Å². The predicted molar refractivity (Wildman–Crippen MR) is 103 cm³/mol. The normalized spacial score (nSPS) is 16.0. The molecule has 0 fully saturated rings. The molecule has 1 aliphatic rings. The quantitative estimate of drug-likeness (QED) is 0.671. The molecule has 0 aliphatic heterocycles. The second kappa shape index (κ2) is 7.00. The summed E-state index contributed by atoms with van der Waals surface area (Å²) in [6.07, 6.45) is 9.17. The minimum Gasteiger partial charge on any atom is -0.335 e. The van der Waals surface area contributed by atoms with Gasteiger partial charge in [-0.2, -0.15) is 5.10 Å². The van der Waals surface area contributed by atoms with Gasteiger partial charge < -0.3 is 4.90 Å². The molecule has 1 aliphatic carbocycles. The van der Waals surface area contributed by atoms with Crippen molar-refractivity contribution in [2.75, 3.05) is 7.05 Å². The number of aryl methyl sites for hydroxylation is 1. The Bertz CT molecular complexity index is 943. The van der Waals surface area contributed by atoms with E-state index in [2.05, 4.69) is 23.3 Å². The summed E-state index contributed by atoms with van der Waals surface area (Å²) in [7, 11) is 1.88. The van der Waals surface area contributed by atoms with Crippen LogP contribution in [0.25, 0.3) is 11.8 Å². The molecule has 0 saturated carbocycles. The molecule has 26 heavy (non-hydrogen) atoms. The van der Waals surface area contributed by atoms with Gasteiger partial charge in [0.1, 0.15) is 0 Å². The van der Waals surface area contributed by atoms with Crippen LogP contribution in [0.5, 0.6) is 0 Å². The van der Waals surface area contributed by atoms with Crippen LogP contribution in [-0.4, -0.2) is 27.6 Å². The average Bonchev–Trinajstić information content (AvgIpc) is 3.33. The van der Waals surface area contributed by atoms with E-state index < -0.39 is 0 Å². The molecular formula is C22H21N3O. The standard InChI is InChI=1S/C22H21N3O/c1-24(21-13-12-18-7-5-6-10-20(18)21)22(26)14-11-17-15-23-25(16-17)19-8-3-2-4-9-19/h2-11,14-16,21H,12-13H2,1H3. The minimum absolute atomic E-state index is 0.0131. The Morgan fingerprint density at radius 1 is 1.15 bits per heavy atom. The van der Waals surface area contributed by atoms with Crippen LogP contribution in [0.3, 0.4) is 0 Å². The third kappa shape index (κ3) is 3.18. The number of hydrogen-bond donors (Lipinski definition) is 0. The first-order valence-corrected chi connectivity index (χ1v) is 8.85. The number of benzene rings is 2. The molecule has 1 aromatic heterocycles. The molecule has 0 bridgehead atoms. The van der Waals surface area contributed by atoms with Crippen LogP contribution in [0.2, 0.25) is 0 Å². The minimum atomic E-state index is 0.0131. The first-order chi connectivity index (χ1) is 12.7. The number of hydrogen-bond acceptors (Lipinski definition) is 2. The summed E-state index contributed by atoms with van der Waals surface area (Å²) in [5, 5.41) is 4.36. The molecule has 3 aromatic rings. The van der Waals surface area contributed by atoms with E-state index in [1.807, 2.05) is 60.6 Å². The molecule has 0 radical (unpaired) electrons. The van der Waals surface area contributed by atoms with Gasteiger partial charge in [0.2, 0.25) is 5.91 Å². The first-order valence-electron chi connectivity index (χ1n) is 8.85. The van der Waals surface area contributed by atoms with E-state index in [0.29, 0.717) is 0 Å². The summed E-state index contributed by atoms with van der Waals surface area (Å²) in [4.78, 5) is 14.4. The van der Waals surface area contributed by atoms with E-state index >= 15 is 0 Å². The van der Waals surface area contributed by atoms with Crippen LogP contribution >= 0.6 is 0 Å². The zero-order valence-corrected chi connectivity index (χ0v) is 14.7. The SMILES string of the molecule is CN(C(=O)C=Cc1cnn(-c2ccccc2)c1)C1CCc2ccccc21. The number of likely N-dealkylation sites (N-methyl/N-ethyl adjacent to an activating group) is 1. The topological polar surface area (TPSA) is 38.1 Å². The highest BCUT2D eigenvalue weighted by Gasteiger charge is 2.27. The third-order valence-electron chi connectivity index (χ3n) is 4.96. The summed E-state index contributed by atoms with van der Waals surface area (Å²) in [6.45, 7) is 0. The van der Waals surface area contributed by atoms with E-state index in [0.717, 1.165) is 24.1 Å². The number of para-hydroxylation sites is 1. The highest BCUT2D eigenvalue weighted by atomic mass is 16.2. The Balaban J connectivity index is 1.46. The number of aromatic nitrogens is 2. The second-order valence-corrected chi connectivity index (χ2v) is 6.59. The Labute approximate surface area is 153 Å². The number of nitrogens with zero attached hydrogens (tertiary/aromatic N) is 3. The van der Waals surface area contributed by atoms with E-state index in [4.69, 9.17) is 0 Å². The van der Waals surface area contributed by atoms with Crippen molar-refractivity contribution in [1.82, 2.24) is 14.7 Å². The number of carbonyl (C=O) groups excluding carboxylic acids is 1. The lowest BCUT2D eigenvalue weighted by Gasteiger charge is -2.24. The monoisotopic (exact) mass is 343 g/mol. The van der Waals surface area contributed by atoms with Crippen molar-refractivity contribution in [3.05, 3.63) is 89.8 Å². The molecule has 4 rings (SSSR count). The lowest BCUT2D eigenvalue weighted by atomic mass is 10.1. The van der Waals surface area contributed by atoms with Crippen LogP contribution in [0, 0.1) is 0 Å². The van der Waals surface area contributed by atoms with Gasteiger partial charge in [-0.05, 0) is 42.2 Å².